The summed E-state index contributed by atoms with van der Waals surface area (Å²) in [6.45, 7) is 1.42. The monoisotopic (exact) mass is 284 g/mol. The van der Waals surface area contributed by atoms with Gasteiger partial charge >= 0.3 is 0 Å². The SMILES string of the molecule is CC(=O)Nc1ccc(NC(=O)C(O)c2ccccc2)cc1. The number of rotatable bonds is 4. The molecule has 3 N–H and O–H groups in total. The van der Waals surface area contributed by atoms with Crippen LogP contribution in [0, 0.1) is 0 Å². The van der Waals surface area contributed by atoms with Gasteiger partial charge in [0.25, 0.3) is 5.91 Å². The zero-order valence-electron chi connectivity index (χ0n) is 11.5. The second-order valence-corrected chi connectivity index (χ2v) is 4.56. The lowest BCUT2D eigenvalue weighted by molar-refractivity contribution is -0.124. The molecule has 2 aromatic carbocycles. The molecule has 0 aliphatic carbocycles. The van der Waals surface area contributed by atoms with Gasteiger partial charge in [-0.3, -0.25) is 9.59 Å². The standard InChI is InChI=1S/C16H16N2O3/c1-11(19)17-13-7-9-14(10-8-13)18-16(21)15(20)12-5-3-2-4-6-12/h2-10,15,20H,1H3,(H,17,19)(H,18,21). The molecule has 0 spiro atoms. The minimum atomic E-state index is -1.22. The predicted molar refractivity (Wildman–Crippen MR) is 80.8 cm³/mol. The highest BCUT2D eigenvalue weighted by molar-refractivity contribution is 5.95. The lowest BCUT2D eigenvalue weighted by atomic mass is 10.1. The molecule has 0 bridgehead atoms. The molecule has 0 radical (unpaired) electrons. The van der Waals surface area contributed by atoms with Crippen LogP contribution in [0.4, 0.5) is 11.4 Å². The summed E-state index contributed by atoms with van der Waals surface area (Å²) in [5, 5.41) is 15.2. The molecular weight excluding hydrogens is 268 g/mol. The number of nitrogens with one attached hydrogen (secondary N) is 2. The van der Waals surface area contributed by atoms with Crippen molar-refractivity contribution in [2.24, 2.45) is 0 Å². The average Bonchev–Trinajstić information content (AvgIpc) is 2.49. The Morgan fingerprint density at radius 3 is 1.95 bits per heavy atom. The summed E-state index contributed by atoms with van der Waals surface area (Å²) in [5.41, 5.74) is 1.72. The Kier molecular flexibility index (Phi) is 4.68. The molecule has 108 valence electrons. The molecule has 0 fully saturated rings. The molecule has 5 nitrogen and oxygen atoms in total. The first-order valence-corrected chi connectivity index (χ1v) is 6.48. The van der Waals surface area contributed by atoms with Crippen LogP contribution in [-0.2, 0) is 9.59 Å². The molecule has 2 aromatic rings. The first-order valence-electron chi connectivity index (χ1n) is 6.48. The van der Waals surface area contributed by atoms with E-state index < -0.39 is 12.0 Å². The Morgan fingerprint density at radius 1 is 0.905 bits per heavy atom. The predicted octanol–water partition coefficient (Wildman–Crippen LogP) is 2.32. The van der Waals surface area contributed by atoms with Crippen molar-refractivity contribution < 1.29 is 14.7 Å². The molecule has 0 aliphatic heterocycles. The Balaban J connectivity index is 2.01. The summed E-state index contributed by atoms with van der Waals surface area (Å²) in [6.07, 6.45) is -1.22. The Labute approximate surface area is 122 Å². The van der Waals surface area contributed by atoms with Gasteiger partial charge in [0.1, 0.15) is 0 Å². The van der Waals surface area contributed by atoms with Crippen LogP contribution in [0.1, 0.15) is 18.6 Å². The largest absolute Gasteiger partial charge is 0.378 e. The zero-order chi connectivity index (χ0) is 15.2. The summed E-state index contributed by atoms with van der Waals surface area (Å²) in [4.78, 5) is 22.9. The van der Waals surface area contributed by atoms with E-state index in [0.29, 0.717) is 16.9 Å². The molecule has 21 heavy (non-hydrogen) atoms. The van der Waals surface area contributed by atoms with Crippen molar-refractivity contribution in [2.45, 2.75) is 13.0 Å². The van der Waals surface area contributed by atoms with Gasteiger partial charge in [-0.05, 0) is 29.8 Å². The summed E-state index contributed by atoms with van der Waals surface area (Å²) in [7, 11) is 0. The normalized spacial score (nSPS) is 11.5. The van der Waals surface area contributed by atoms with Crippen molar-refractivity contribution in [3.63, 3.8) is 0 Å². The van der Waals surface area contributed by atoms with Gasteiger partial charge in [-0.15, -0.1) is 0 Å². The zero-order valence-corrected chi connectivity index (χ0v) is 11.5. The highest BCUT2D eigenvalue weighted by Crippen LogP contribution is 2.17. The minimum Gasteiger partial charge on any atom is -0.378 e. The van der Waals surface area contributed by atoms with Crippen LogP contribution in [0.5, 0.6) is 0 Å². The van der Waals surface area contributed by atoms with Gasteiger partial charge in [0.05, 0.1) is 0 Å². The van der Waals surface area contributed by atoms with E-state index in [2.05, 4.69) is 10.6 Å². The molecule has 0 saturated carbocycles. The fraction of sp³-hybridized carbons (Fsp3) is 0.125. The Bertz CT molecular complexity index is 624. The molecule has 2 amide bonds. The highest BCUT2D eigenvalue weighted by Gasteiger charge is 2.16. The second kappa shape index (κ2) is 6.67. The van der Waals surface area contributed by atoms with Gasteiger partial charge < -0.3 is 15.7 Å². The van der Waals surface area contributed by atoms with Crippen LogP contribution in [-0.4, -0.2) is 16.9 Å². The van der Waals surface area contributed by atoms with E-state index in [1.54, 1.807) is 48.5 Å². The summed E-state index contributed by atoms with van der Waals surface area (Å²) < 4.78 is 0. The van der Waals surface area contributed by atoms with E-state index in [1.807, 2.05) is 6.07 Å². The van der Waals surface area contributed by atoms with Gasteiger partial charge in [0, 0.05) is 18.3 Å². The molecule has 1 unspecified atom stereocenters. The van der Waals surface area contributed by atoms with Crippen molar-refractivity contribution in [1.29, 1.82) is 0 Å². The fourth-order valence-corrected chi connectivity index (χ4v) is 1.84. The molecule has 1 atom stereocenters. The topological polar surface area (TPSA) is 78.4 Å². The summed E-state index contributed by atoms with van der Waals surface area (Å²) in [5.74, 6) is -0.667. The van der Waals surface area contributed by atoms with E-state index in [4.69, 9.17) is 0 Å². The van der Waals surface area contributed by atoms with Crippen LogP contribution >= 0.6 is 0 Å². The number of amides is 2. The third-order valence-electron chi connectivity index (χ3n) is 2.84. The lowest BCUT2D eigenvalue weighted by Crippen LogP contribution is -2.20. The van der Waals surface area contributed by atoms with E-state index in [0.717, 1.165) is 0 Å². The van der Waals surface area contributed by atoms with Crippen LogP contribution in [0.15, 0.2) is 54.6 Å². The van der Waals surface area contributed by atoms with Crippen LogP contribution in [0.3, 0.4) is 0 Å². The first kappa shape index (κ1) is 14.7. The fourth-order valence-electron chi connectivity index (χ4n) is 1.84. The highest BCUT2D eigenvalue weighted by atomic mass is 16.3. The van der Waals surface area contributed by atoms with E-state index in [1.165, 1.54) is 6.92 Å². The van der Waals surface area contributed by atoms with Crippen molar-refractivity contribution >= 4 is 23.2 Å². The number of hydrogen-bond donors (Lipinski definition) is 3. The van der Waals surface area contributed by atoms with Crippen LogP contribution in [0.2, 0.25) is 0 Å². The number of aliphatic hydroxyl groups excluding tert-OH is 1. The maximum atomic E-state index is 11.9. The Hall–Kier alpha value is -2.66. The van der Waals surface area contributed by atoms with Gasteiger partial charge in [-0.25, -0.2) is 0 Å². The van der Waals surface area contributed by atoms with Crippen molar-refractivity contribution in [2.75, 3.05) is 10.6 Å². The third kappa shape index (κ3) is 4.15. The molecule has 0 aromatic heterocycles. The van der Waals surface area contributed by atoms with Crippen LogP contribution < -0.4 is 10.6 Å². The van der Waals surface area contributed by atoms with Crippen molar-refractivity contribution in [3.05, 3.63) is 60.2 Å². The van der Waals surface area contributed by atoms with Gasteiger partial charge in [0.2, 0.25) is 5.91 Å². The van der Waals surface area contributed by atoms with Gasteiger partial charge in [-0.1, -0.05) is 30.3 Å². The lowest BCUT2D eigenvalue weighted by Gasteiger charge is -2.12. The molecule has 0 saturated heterocycles. The number of carbonyl (C=O) groups excluding carboxylic acids is 2. The molecule has 2 rings (SSSR count). The van der Waals surface area contributed by atoms with Crippen LogP contribution in [0.25, 0.3) is 0 Å². The van der Waals surface area contributed by atoms with Gasteiger partial charge in [-0.2, -0.15) is 0 Å². The van der Waals surface area contributed by atoms with E-state index >= 15 is 0 Å². The van der Waals surface area contributed by atoms with Gasteiger partial charge in [0.15, 0.2) is 6.10 Å². The van der Waals surface area contributed by atoms with Crippen molar-refractivity contribution in [1.82, 2.24) is 0 Å². The quantitative estimate of drug-likeness (QED) is 0.806. The number of aliphatic hydroxyl groups is 1. The van der Waals surface area contributed by atoms with E-state index in [-0.39, 0.29) is 5.91 Å². The van der Waals surface area contributed by atoms with Crippen molar-refractivity contribution in [3.8, 4) is 0 Å². The number of carbonyl (C=O) groups is 2. The molecule has 5 heteroatoms. The molecule has 0 aliphatic rings. The number of hydrogen-bond acceptors (Lipinski definition) is 3. The second-order valence-electron chi connectivity index (χ2n) is 4.56. The number of anilines is 2. The third-order valence-corrected chi connectivity index (χ3v) is 2.84. The minimum absolute atomic E-state index is 0.161. The van der Waals surface area contributed by atoms with E-state index in [9.17, 15) is 14.7 Å². The maximum Gasteiger partial charge on any atom is 0.257 e. The summed E-state index contributed by atoms with van der Waals surface area (Å²) >= 11 is 0. The summed E-state index contributed by atoms with van der Waals surface area (Å²) in [6, 6.07) is 15.4. The first-order chi connectivity index (χ1) is 10.1. The molecule has 0 heterocycles. The average molecular weight is 284 g/mol. The Morgan fingerprint density at radius 2 is 1.43 bits per heavy atom. The number of benzene rings is 2. The molecular formula is C16H16N2O3. The smallest absolute Gasteiger partial charge is 0.257 e. The maximum absolute atomic E-state index is 11.9.